The summed E-state index contributed by atoms with van der Waals surface area (Å²) in [5.74, 6) is -0.872. The number of halogens is 3. The van der Waals surface area contributed by atoms with Crippen molar-refractivity contribution in [2.24, 2.45) is 0 Å². The molecule has 0 aromatic carbocycles. The summed E-state index contributed by atoms with van der Waals surface area (Å²) in [5, 5.41) is 6.41. The summed E-state index contributed by atoms with van der Waals surface area (Å²) >= 11 is 0. The van der Waals surface area contributed by atoms with Gasteiger partial charge < -0.3 is 13.8 Å². The molecule has 0 fully saturated rings. The predicted molar refractivity (Wildman–Crippen MR) is 90.6 cm³/mol. The minimum absolute atomic E-state index is 0.558. The smallest absolute Gasteiger partial charge is 0.437 e. The molecule has 0 bridgehead atoms. The molecule has 0 N–H and O–H groups in total. The SMILES string of the molecule is CC(C)OP(=O)(OC(C)C)c1c(C(F)(F)F)nnn1CC(=O)OC(C)(C)C. The Morgan fingerprint density at radius 2 is 1.59 bits per heavy atom. The lowest BCUT2D eigenvalue weighted by Crippen LogP contribution is -2.33. The first-order valence-corrected chi connectivity index (χ1v) is 9.79. The van der Waals surface area contributed by atoms with Crippen LogP contribution in [0.3, 0.4) is 0 Å². The van der Waals surface area contributed by atoms with E-state index >= 15 is 0 Å². The Morgan fingerprint density at radius 1 is 1.11 bits per heavy atom. The maximum absolute atomic E-state index is 13.4. The van der Waals surface area contributed by atoms with Gasteiger partial charge in [-0.25, -0.2) is 4.68 Å². The minimum atomic E-state index is -4.97. The summed E-state index contributed by atoms with van der Waals surface area (Å²) in [5.41, 5.74) is -3.32. The number of aromatic nitrogens is 3. The zero-order valence-electron chi connectivity index (χ0n) is 16.3. The topological polar surface area (TPSA) is 92.5 Å². The quantitative estimate of drug-likeness (QED) is 0.498. The van der Waals surface area contributed by atoms with Gasteiger partial charge in [0.15, 0.2) is 5.44 Å². The molecule has 0 aliphatic rings. The molecular weight excluding hydrogens is 390 g/mol. The number of carbonyl (C=O) groups is 1. The second-order valence-corrected chi connectivity index (χ2v) is 9.15. The van der Waals surface area contributed by atoms with E-state index in [-0.39, 0.29) is 0 Å². The molecule has 12 heteroatoms. The molecule has 0 aliphatic heterocycles. The molecule has 27 heavy (non-hydrogen) atoms. The van der Waals surface area contributed by atoms with Gasteiger partial charge in [0.2, 0.25) is 5.69 Å². The van der Waals surface area contributed by atoms with Gasteiger partial charge >= 0.3 is 19.7 Å². The van der Waals surface area contributed by atoms with Crippen LogP contribution in [0.5, 0.6) is 0 Å². The molecule has 0 amide bonds. The van der Waals surface area contributed by atoms with Gasteiger partial charge in [0.05, 0.1) is 12.2 Å². The first kappa shape index (κ1) is 23.6. The molecule has 1 aromatic heterocycles. The van der Waals surface area contributed by atoms with Crippen LogP contribution in [0.4, 0.5) is 13.2 Å². The molecule has 0 saturated heterocycles. The largest absolute Gasteiger partial charge is 0.459 e. The van der Waals surface area contributed by atoms with E-state index in [1.807, 2.05) is 0 Å². The van der Waals surface area contributed by atoms with Gasteiger partial charge in [-0.2, -0.15) is 13.2 Å². The van der Waals surface area contributed by atoms with Gasteiger partial charge in [0.1, 0.15) is 12.1 Å². The molecule has 8 nitrogen and oxygen atoms in total. The zero-order chi connectivity index (χ0) is 21.2. The third-order valence-electron chi connectivity index (χ3n) is 2.63. The minimum Gasteiger partial charge on any atom is -0.459 e. The first-order valence-electron chi connectivity index (χ1n) is 8.25. The van der Waals surface area contributed by atoms with Gasteiger partial charge in [0.25, 0.3) is 0 Å². The maximum atomic E-state index is 13.4. The summed E-state index contributed by atoms with van der Waals surface area (Å²) in [7, 11) is -4.51. The highest BCUT2D eigenvalue weighted by molar-refractivity contribution is 7.62. The molecule has 156 valence electrons. The van der Waals surface area contributed by atoms with Crippen LogP contribution >= 0.6 is 7.60 Å². The lowest BCUT2D eigenvalue weighted by Gasteiger charge is -2.24. The van der Waals surface area contributed by atoms with Crippen LogP contribution in [0, 0.1) is 0 Å². The molecule has 1 rings (SSSR count). The summed E-state index contributed by atoms with van der Waals surface area (Å²) in [4.78, 5) is 12.0. The lowest BCUT2D eigenvalue weighted by molar-refractivity contribution is -0.155. The van der Waals surface area contributed by atoms with Crippen molar-refractivity contribution in [3.05, 3.63) is 5.69 Å². The predicted octanol–water partition coefficient (Wildman–Crippen LogP) is 3.31. The van der Waals surface area contributed by atoms with Crippen LogP contribution in [0.15, 0.2) is 0 Å². The van der Waals surface area contributed by atoms with E-state index < -0.39 is 55.2 Å². The monoisotopic (exact) mass is 415 g/mol. The van der Waals surface area contributed by atoms with Crippen molar-refractivity contribution in [1.82, 2.24) is 15.0 Å². The number of hydrogen-bond donors (Lipinski definition) is 0. The standard InChI is InChI=1S/C15H25F3N3O5P/c1-9(2)25-27(23,26-10(3)4)13-12(15(16,17)18)19-20-21(13)8-11(22)24-14(5,6)7/h9-10H,8H2,1-7H3. The van der Waals surface area contributed by atoms with Crippen LogP contribution in [-0.2, 0) is 35.9 Å². The van der Waals surface area contributed by atoms with E-state index in [1.54, 1.807) is 20.8 Å². The Bertz CT molecular complexity index is 697. The van der Waals surface area contributed by atoms with Crippen molar-refractivity contribution in [3.63, 3.8) is 0 Å². The zero-order valence-corrected chi connectivity index (χ0v) is 17.2. The average Bonchev–Trinajstić information content (AvgIpc) is 2.77. The van der Waals surface area contributed by atoms with Gasteiger partial charge in [-0.05, 0) is 48.5 Å². The van der Waals surface area contributed by atoms with Crippen LogP contribution < -0.4 is 5.44 Å². The molecule has 0 atom stereocenters. The summed E-state index contributed by atoms with van der Waals surface area (Å²) in [6.07, 6.45) is -6.42. The Hall–Kier alpha value is -1.45. The van der Waals surface area contributed by atoms with Gasteiger partial charge in [-0.3, -0.25) is 9.36 Å². The molecule has 1 aromatic rings. The molecule has 0 spiro atoms. The Morgan fingerprint density at radius 3 is 1.96 bits per heavy atom. The van der Waals surface area contributed by atoms with E-state index in [9.17, 15) is 22.5 Å². The highest BCUT2D eigenvalue weighted by atomic mass is 31.2. The van der Waals surface area contributed by atoms with Crippen LogP contribution in [0.2, 0.25) is 0 Å². The number of nitrogens with zero attached hydrogens (tertiary/aromatic N) is 3. The van der Waals surface area contributed by atoms with E-state index in [0.29, 0.717) is 4.68 Å². The van der Waals surface area contributed by atoms with Crippen LogP contribution in [0.25, 0.3) is 0 Å². The van der Waals surface area contributed by atoms with Gasteiger partial charge in [-0.1, -0.05) is 5.21 Å². The summed E-state index contributed by atoms with van der Waals surface area (Å²) < 4.78 is 69.6. The number of hydrogen-bond acceptors (Lipinski definition) is 7. The molecule has 0 saturated carbocycles. The van der Waals surface area contributed by atoms with Crippen molar-refractivity contribution >= 4 is 19.0 Å². The molecule has 0 radical (unpaired) electrons. The number of alkyl halides is 3. The highest BCUT2D eigenvalue weighted by Crippen LogP contribution is 2.51. The van der Waals surface area contributed by atoms with Crippen molar-refractivity contribution in [2.75, 3.05) is 0 Å². The number of rotatable bonds is 7. The second-order valence-electron chi connectivity index (χ2n) is 7.31. The molecule has 1 heterocycles. The fraction of sp³-hybridized carbons (Fsp3) is 0.800. The van der Waals surface area contributed by atoms with Crippen molar-refractivity contribution < 1.29 is 36.3 Å². The maximum Gasteiger partial charge on any atom is 0.437 e. The Balaban J connectivity index is 3.49. The third-order valence-corrected chi connectivity index (χ3v) is 4.99. The Labute approximate surface area is 155 Å². The van der Waals surface area contributed by atoms with Crippen molar-refractivity contribution in [1.29, 1.82) is 0 Å². The molecule has 0 unspecified atom stereocenters. The number of ether oxygens (including phenoxy) is 1. The van der Waals surface area contributed by atoms with E-state index in [0.717, 1.165) is 0 Å². The Kier molecular flexibility index (Phi) is 7.23. The molecule has 0 aliphatic carbocycles. The average molecular weight is 415 g/mol. The fourth-order valence-corrected chi connectivity index (χ4v) is 4.23. The number of esters is 1. The summed E-state index contributed by atoms with van der Waals surface area (Å²) in [6.45, 7) is 10.0. The van der Waals surface area contributed by atoms with Crippen molar-refractivity contribution in [3.8, 4) is 0 Å². The van der Waals surface area contributed by atoms with Crippen molar-refractivity contribution in [2.45, 2.75) is 79.0 Å². The van der Waals surface area contributed by atoms with Gasteiger partial charge in [0, 0.05) is 0 Å². The molecular formula is C15H25F3N3O5P. The lowest BCUT2D eigenvalue weighted by atomic mass is 10.2. The normalized spacial score (nSPS) is 13.5. The summed E-state index contributed by atoms with van der Waals surface area (Å²) in [6, 6.07) is 0. The van der Waals surface area contributed by atoms with E-state index in [4.69, 9.17) is 13.8 Å². The van der Waals surface area contributed by atoms with Crippen LogP contribution in [-0.4, -0.2) is 38.8 Å². The third kappa shape index (κ3) is 6.90. The van der Waals surface area contributed by atoms with E-state index in [2.05, 4.69) is 10.3 Å². The second kappa shape index (κ2) is 8.28. The fourth-order valence-electron chi connectivity index (χ4n) is 2.04. The van der Waals surface area contributed by atoms with Crippen LogP contribution in [0.1, 0.15) is 54.2 Å². The highest BCUT2D eigenvalue weighted by Gasteiger charge is 2.48. The first-order chi connectivity index (χ1) is 12.0. The van der Waals surface area contributed by atoms with Gasteiger partial charge in [-0.15, -0.1) is 5.10 Å². The number of carbonyl (C=O) groups excluding carboxylic acids is 1. The van der Waals surface area contributed by atoms with E-state index in [1.165, 1.54) is 27.7 Å².